The predicted molar refractivity (Wildman–Crippen MR) is 129 cm³/mol. The van der Waals surface area contributed by atoms with Gasteiger partial charge in [-0.2, -0.15) is 23.9 Å². The van der Waals surface area contributed by atoms with Crippen LogP contribution in [0.4, 0.5) is 10.2 Å². The van der Waals surface area contributed by atoms with Gasteiger partial charge in [0.1, 0.15) is 35.2 Å². The molecule has 1 aliphatic rings. The quantitative estimate of drug-likeness (QED) is 0.411. The van der Waals surface area contributed by atoms with Crippen molar-refractivity contribution < 1.29 is 4.39 Å². The summed E-state index contributed by atoms with van der Waals surface area (Å²) in [5, 5.41) is 15.1. The van der Waals surface area contributed by atoms with Gasteiger partial charge in [0.2, 0.25) is 0 Å². The summed E-state index contributed by atoms with van der Waals surface area (Å²) in [6.45, 7) is 0.649. The number of benzene rings is 1. The summed E-state index contributed by atoms with van der Waals surface area (Å²) in [6, 6.07) is 9.10. The molecular weight excluding hydrogens is 479 g/mol. The van der Waals surface area contributed by atoms with Crippen LogP contribution in [0.5, 0.6) is 0 Å². The van der Waals surface area contributed by atoms with Crippen molar-refractivity contribution in [2.75, 3.05) is 11.4 Å². The van der Waals surface area contributed by atoms with Crippen molar-refractivity contribution in [2.45, 2.75) is 12.5 Å². The van der Waals surface area contributed by atoms with Crippen molar-refractivity contribution in [3.05, 3.63) is 81.6 Å². The van der Waals surface area contributed by atoms with Gasteiger partial charge in [-0.25, -0.2) is 18.9 Å². The smallest absolute Gasteiger partial charge is 0.284 e. The van der Waals surface area contributed by atoms with E-state index in [9.17, 15) is 14.4 Å². The third-order valence-electron chi connectivity index (χ3n) is 5.91. The van der Waals surface area contributed by atoms with Gasteiger partial charge >= 0.3 is 0 Å². The van der Waals surface area contributed by atoms with Gasteiger partial charge in [-0.15, -0.1) is 0 Å². The topological polar surface area (TPSA) is 108 Å². The van der Waals surface area contributed by atoms with E-state index in [4.69, 9.17) is 16.7 Å². The molecule has 5 heterocycles. The van der Waals surface area contributed by atoms with E-state index >= 15 is 0 Å². The molecule has 4 aromatic heterocycles. The van der Waals surface area contributed by atoms with Gasteiger partial charge in [-0.05, 0) is 36.8 Å². The first-order chi connectivity index (χ1) is 16.1. The predicted octanol–water partition coefficient (Wildman–Crippen LogP) is 3.48. The van der Waals surface area contributed by atoms with Crippen LogP contribution < -0.4 is 10.5 Å². The van der Waals surface area contributed by atoms with E-state index in [0.717, 1.165) is 0 Å². The Balaban J connectivity index is 0.00000241. The molecule has 6 rings (SSSR count). The highest BCUT2D eigenvalue weighted by Gasteiger charge is 2.37. The number of aromatic nitrogens is 6. The average molecular weight is 495 g/mol. The number of H-pyrrole nitrogens is 1. The summed E-state index contributed by atoms with van der Waals surface area (Å²) in [5.74, 6) is 0.631. The molecule has 5 aromatic rings. The van der Waals surface area contributed by atoms with Gasteiger partial charge in [0.25, 0.3) is 5.56 Å². The fourth-order valence-corrected chi connectivity index (χ4v) is 4.49. The molecule has 0 bridgehead atoms. The summed E-state index contributed by atoms with van der Waals surface area (Å²) in [7, 11) is 0. The van der Waals surface area contributed by atoms with Crippen LogP contribution in [-0.4, -0.2) is 35.7 Å². The number of hydrogen-bond acceptors (Lipinski definition) is 6. The summed E-state index contributed by atoms with van der Waals surface area (Å²) in [6.07, 6.45) is 5.35. The van der Waals surface area contributed by atoms with E-state index in [1.165, 1.54) is 39.7 Å². The average Bonchev–Trinajstić information content (AvgIpc) is 3.38. The molecule has 0 saturated carbocycles. The summed E-state index contributed by atoms with van der Waals surface area (Å²) < 4.78 is 16.5. The molecule has 0 spiro atoms. The second-order valence-corrected chi connectivity index (χ2v) is 8.07. The van der Waals surface area contributed by atoms with Gasteiger partial charge in [-0.3, -0.25) is 9.36 Å². The minimum Gasteiger partial charge on any atom is -0.345 e. The largest absolute Gasteiger partial charge is 0.345 e. The Morgan fingerprint density at radius 1 is 1.21 bits per heavy atom. The summed E-state index contributed by atoms with van der Waals surface area (Å²) in [5.41, 5.74) is 1.34. The summed E-state index contributed by atoms with van der Waals surface area (Å²) >= 11 is 6.26. The molecule has 34 heavy (non-hydrogen) atoms. The van der Waals surface area contributed by atoms with Crippen molar-refractivity contribution in [3.8, 4) is 11.8 Å². The van der Waals surface area contributed by atoms with E-state index in [1.54, 1.807) is 18.5 Å². The lowest BCUT2D eigenvalue weighted by Gasteiger charge is -2.42. The standard InChI is InChI=1S/C22H14ClFN8O.H2S/c23-15-5-8-31-18(15)22(33)32(14-3-1-13(24)2-4-14)20(29-31)16-6-7-30(16)21-17-12(9-25)10-26-19(17)27-11-28-21;/h1-5,8,10-11,16H,6-7H2,(H,26,27,28);1H2/t16-;/m0./s1. The van der Waals surface area contributed by atoms with Crippen molar-refractivity contribution in [1.82, 2.24) is 29.1 Å². The molecule has 0 aliphatic carbocycles. The Kier molecular flexibility index (Phi) is 5.27. The second kappa shape index (κ2) is 8.16. The number of nitriles is 1. The maximum Gasteiger partial charge on any atom is 0.284 e. The highest BCUT2D eigenvalue weighted by molar-refractivity contribution is 7.59. The molecule has 1 saturated heterocycles. The van der Waals surface area contributed by atoms with Crippen molar-refractivity contribution in [2.24, 2.45) is 0 Å². The van der Waals surface area contributed by atoms with Crippen LogP contribution in [0.2, 0.25) is 5.02 Å². The Bertz CT molecular complexity index is 1650. The number of nitrogens with one attached hydrogen (secondary N) is 1. The van der Waals surface area contributed by atoms with E-state index in [2.05, 4.69) is 21.0 Å². The fourth-order valence-electron chi connectivity index (χ4n) is 4.26. The number of nitrogens with zero attached hydrogens (tertiary/aromatic N) is 7. The molecular formula is C22H16ClFN8OS. The zero-order valence-corrected chi connectivity index (χ0v) is 19.2. The first kappa shape index (κ1) is 21.9. The van der Waals surface area contributed by atoms with Gasteiger partial charge in [0.05, 0.1) is 27.7 Å². The molecule has 0 amide bonds. The number of halogens is 2. The van der Waals surface area contributed by atoms with E-state index in [0.29, 0.717) is 46.9 Å². The SMILES string of the molecule is N#Cc1c[nH]c2ncnc(N3CC[C@H]3c3nn4ccc(Cl)c4c(=O)n3-c3ccc(F)cc3)c12.S. The molecule has 1 N–H and O–H groups in total. The van der Waals surface area contributed by atoms with Crippen LogP contribution in [0.3, 0.4) is 0 Å². The molecule has 1 aromatic carbocycles. The maximum atomic E-state index is 13.6. The number of anilines is 1. The molecule has 0 unspecified atom stereocenters. The molecule has 1 atom stereocenters. The number of hydrogen-bond donors (Lipinski definition) is 1. The zero-order valence-electron chi connectivity index (χ0n) is 17.4. The van der Waals surface area contributed by atoms with Crippen LogP contribution in [0.15, 0.2) is 53.8 Å². The van der Waals surface area contributed by atoms with Crippen molar-refractivity contribution in [3.63, 3.8) is 0 Å². The van der Waals surface area contributed by atoms with E-state index in [1.807, 2.05) is 4.90 Å². The monoisotopic (exact) mass is 494 g/mol. The highest BCUT2D eigenvalue weighted by atomic mass is 35.5. The minimum absolute atomic E-state index is 0. The van der Waals surface area contributed by atoms with Crippen LogP contribution in [0, 0.1) is 17.1 Å². The number of aromatic amines is 1. The molecule has 9 nitrogen and oxygen atoms in total. The van der Waals surface area contributed by atoms with Crippen molar-refractivity contribution in [1.29, 1.82) is 5.26 Å². The first-order valence-electron chi connectivity index (χ1n) is 10.1. The molecule has 12 heteroatoms. The lowest BCUT2D eigenvalue weighted by Crippen LogP contribution is -2.45. The van der Waals surface area contributed by atoms with E-state index < -0.39 is 5.82 Å². The molecule has 170 valence electrons. The Morgan fingerprint density at radius 2 is 2.00 bits per heavy atom. The van der Waals surface area contributed by atoms with Crippen molar-refractivity contribution >= 4 is 47.5 Å². The summed E-state index contributed by atoms with van der Waals surface area (Å²) in [4.78, 5) is 27.1. The first-order valence-corrected chi connectivity index (χ1v) is 10.5. The third kappa shape index (κ3) is 3.14. The van der Waals surface area contributed by atoms with Gasteiger partial charge in [0.15, 0.2) is 5.82 Å². The van der Waals surface area contributed by atoms with Gasteiger partial charge in [0, 0.05) is 18.9 Å². The Labute approximate surface area is 203 Å². The van der Waals surface area contributed by atoms with Crippen LogP contribution in [0.1, 0.15) is 23.9 Å². The molecule has 1 aliphatic heterocycles. The van der Waals surface area contributed by atoms with E-state index in [-0.39, 0.29) is 35.6 Å². The minimum atomic E-state index is -0.409. The Hall–Kier alpha value is -3.88. The van der Waals surface area contributed by atoms with Crippen LogP contribution in [0.25, 0.3) is 22.2 Å². The number of rotatable bonds is 3. The fraction of sp³-hybridized carbons (Fsp3) is 0.136. The number of fused-ring (bicyclic) bond motifs is 2. The molecule has 1 fully saturated rings. The van der Waals surface area contributed by atoms with Gasteiger partial charge < -0.3 is 9.88 Å². The maximum absolute atomic E-state index is 13.6. The lowest BCUT2D eigenvalue weighted by atomic mass is 10.0. The Morgan fingerprint density at radius 3 is 2.71 bits per heavy atom. The zero-order chi connectivity index (χ0) is 22.7. The van der Waals surface area contributed by atoms with Gasteiger partial charge in [-0.1, -0.05) is 11.6 Å². The second-order valence-electron chi connectivity index (χ2n) is 7.66. The molecule has 0 radical (unpaired) electrons. The van der Waals surface area contributed by atoms with Crippen LogP contribution >= 0.6 is 25.1 Å². The highest BCUT2D eigenvalue weighted by Crippen LogP contribution is 2.39. The third-order valence-corrected chi connectivity index (χ3v) is 6.21. The van der Waals surface area contributed by atoms with Crippen LogP contribution in [-0.2, 0) is 0 Å². The normalized spacial score (nSPS) is 15.2. The lowest BCUT2D eigenvalue weighted by molar-refractivity contribution is 0.424.